The minimum absolute atomic E-state index is 0.0675. The van der Waals surface area contributed by atoms with Crippen LogP contribution in [0.15, 0.2) is 15.6 Å². The quantitative estimate of drug-likeness (QED) is 0.793. The molecule has 0 amide bonds. The molecule has 1 heterocycles. The number of aromatic nitrogens is 2. The minimum Gasteiger partial charge on any atom is -0.396 e. The maximum absolute atomic E-state index is 11.4. The third-order valence-electron chi connectivity index (χ3n) is 3.68. The summed E-state index contributed by atoms with van der Waals surface area (Å²) in [5.74, 6) is 0.539. The predicted molar refractivity (Wildman–Crippen MR) is 73.7 cm³/mol. The summed E-state index contributed by atoms with van der Waals surface area (Å²) in [6.07, 6.45) is 6.99. The number of H-pyrrole nitrogens is 1. The molecule has 0 spiro atoms. The summed E-state index contributed by atoms with van der Waals surface area (Å²) >= 11 is 3.21. The number of aliphatic hydroxyl groups excluding tert-OH is 1. The van der Waals surface area contributed by atoms with Crippen LogP contribution in [0.25, 0.3) is 0 Å². The van der Waals surface area contributed by atoms with E-state index in [0.717, 1.165) is 25.7 Å². The molecule has 0 bridgehead atoms. The van der Waals surface area contributed by atoms with Crippen molar-refractivity contribution >= 4 is 21.7 Å². The van der Waals surface area contributed by atoms with Gasteiger partial charge < -0.3 is 15.4 Å². The molecule has 1 fully saturated rings. The summed E-state index contributed by atoms with van der Waals surface area (Å²) in [6, 6.07) is 0. The summed E-state index contributed by atoms with van der Waals surface area (Å²) in [6.45, 7) is 0.833. The number of anilines is 1. The van der Waals surface area contributed by atoms with Crippen molar-refractivity contribution in [2.24, 2.45) is 5.41 Å². The molecular weight excluding hydrogens is 298 g/mol. The van der Waals surface area contributed by atoms with Gasteiger partial charge in [0.1, 0.15) is 10.3 Å². The van der Waals surface area contributed by atoms with Crippen molar-refractivity contribution in [3.63, 3.8) is 0 Å². The molecule has 0 radical (unpaired) electrons. The predicted octanol–water partition coefficient (Wildman–Crippen LogP) is 1.89. The van der Waals surface area contributed by atoms with E-state index in [9.17, 15) is 9.90 Å². The number of nitrogens with one attached hydrogen (secondary N) is 2. The molecule has 5 nitrogen and oxygen atoms in total. The van der Waals surface area contributed by atoms with E-state index < -0.39 is 0 Å². The summed E-state index contributed by atoms with van der Waals surface area (Å²) in [5.41, 5.74) is -0.267. The third-order valence-corrected chi connectivity index (χ3v) is 4.41. The van der Waals surface area contributed by atoms with Crippen molar-refractivity contribution in [2.45, 2.75) is 32.1 Å². The van der Waals surface area contributed by atoms with Gasteiger partial charge in [-0.2, -0.15) is 0 Å². The Labute approximate surface area is 114 Å². The largest absolute Gasteiger partial charge is 0.396 e. The first-order valence-electron chi connectivity index (χ1n) is 6.25. The lowest BCUT2D eigenvalue weighted by molar-refractivity contribution is 0.0943. The fourth-order valence-electron chi connectivity index (χ4n) is 2.47. The second-order valence-electron chi connectivity index (χ2n) is 4.97. The van der Waals surface area contributed by atoms with E-state index >= 15 is 0 Å². The first-order chi connectivity index (χ1) is 8.67. The van der Waals surface area contributed by atoms with Crippen LogP contribution in [0.1, 0.15) is 32.1 Å². The number of aliphatic hydroxyl groups is 1. The molecule has 3 N–H and O–H groups in total. The van der Waals surface area contributed by atoms with Crippen LogP contribution in [0.2, 0.25) is 0 Å². The number of halogens is 1. The van der Waals surface area contributed by atoms with Crippen molar-refractivity contribution in [2.75, 3.05) is 18.5 Å². The standard InChI is InChI=1S/C12H18BrN3O2/c13-9-10(15-8-16-11(9)18)14-6-12(7-17)4-2-1-3-5-12/h8,17H,1-7H2,(H2,14,15,16,18). The topological polar surface area (TPSA) is 78.0 Å². The van der Waals surface area contributed by atoms with Gasteiger partial charge in [-0.1, -0.05) is 19.3 Å². The SMILES string of the molecule is O=c1[nH]cnc(NCC2(CO)CCCCC2)c1Br. The van der Waals surface area contributed by atoms with E-state index in [-0.39, 0.29) is 17.6 Å². The molecule has 0 saturated heterocycles. The van der Waals surface area contributed by atoms with E-state index in [0.29, 0.717) is 16.8 Å². The van der Waals surface area contributed by atoms with E-state index in [2.05, 4.69) is 31.2 Å². The van der Waals surface area contributed by atoms with E-state index in [4.69, 9.17) is 0 Å². The molecule has 0 aromatic carbocycles. The first-order valence-corrected chi connectivity index (χ1v) is 7.04. The Kier molecular flexibility index (Phi) is 4.40. The summed E-state index contributed by atoms with van der Waals surface area (Å²) < 4.78 is 0.411. The lowest BCUT2D eigenvalue weighted by Crippen LogP contribution is -2.36. The van der Waals surface area contributed by atoms with Crippen LogP contribution in [0, 0.1) is 5.41 Å². The molecule has 0 unspecified atom stereocenters. The van der Waals surface area contributed by atoms with Gasteiger partial charge >= 0.3 is 0 Å². The van der Waals surface area contributed by atoms with E-state index in [1.807, 2.05) is 0 Å². The highest BCUT2D eigenvalue weighted by Gasteiger charge is 2.31. The fraction of sp³-hybridized carbons (Fsp3) is 0.667. The molecule has 1 aliphatic carbocycles. The molecule has 6 heteroatoms. The monoisotopic (exact) mass is 315 g/mol. The average molecular weight is 316 g/mol. The lowest BCUT2D eigenvalue weighted by Gasteiger charge is -2.35. The number of aromatic amines is 1. The average Bonchev–Trinajstić information content (AvgIpc) is 2.41. The van der Waals surface area contributed by atoms with Crippen molar-refractivity contribution in [1.29, 1.82) is 0 Å². The zero-order chi connectivity index (χ0) is 13.0. The molecule has 2 rings (SSSR count). The Hall–Kier alpha value is -0.880. The van der Waals surface area contributed by atoms with Gasteiger partial charge in [-0.15, -0.1) is 0 Å². The van der Waals surface area contributed by atoms with Gasteiger partial charge in [0, 0.05) is 12.0 Å². The van der Waals surface area contributed by atoms with Gasteiger partial charge in [0.25, 0.3) is 5.56 Å². The Morgan fingerprint density at radius 2 is 2.17 bits per heavy atom. The maximum atomic E-state index is 11.4. The molecule has 1 saturated carbocycles. The highest BCUT2D eigenvalue weighted by atomic mass is 79.9. The van der Waals surface area contributed by atoms with Gasteiger partial charge in [0.05, 0.1) is 12.9 Å². The van der Waals surface area contributed by atoms with Crippen molar-refractivity contribution < 1.29 is 5.11 Å². The van der Waals surface area contributed by atoms with E-state index in [1.165, 1.54) is 12.7 Å². The van der Waals surface area contributed by atoms with Gasteiger partial charge in [-0.05, 0) is 28.8 Å². The fourth-order valence-corrected chi connectivity index (χ4v) is 2.83. The Morgan fingerprint density at radius 3 is 2.83 bits per heavy atom. The molecule has 0 atom stereocenters. The molecule has 1 aromatic heterocycles. The van der Waals surface area contributed by atoms with Gasteiger partial charge in [-0.3, -0.25) is 4.79 Å². The molecule has 100 valence electrons. The van der Waals surface area contributed by atoms with Crippen LogP contribution in [0.3, 0.4) is 0 Å². The van der Waals surface area contributed by atoms with Crippen LogP contribution in [-0.2, 0) is 0 Å². The Bertz CT molecular complexity index is 455. The molecule has 1 aromatic rings. The highest BCUT2D eigenvalue weighted by Crippen LogP contribution is 2.36. The van der Waals surface area contributed by atoms with Crippen LogP contribution < -0.4 is 10.9 Å². The molecule has 0 aliphatic heterocycles. The minimum atomic E-state index is -0.200. The number of hydrogen-bond donors (Lipinski definition) is 3. The molecule has 18 heavy (non-hydrogen) atoms. The van der Waals surface area contributed by atoms with Gasteiger partial charge in [0.15, 0.2) is 0 Å². The smallest absolute Gasteiger partial charge is 0.267 e. The van der Waals surface area contributed by atoms with Crippen LogP contribution in [0.5, 0.6) is 0 Å². The first kappa shape index (κ1) is 13.5. The zero-order valence-corrected chi connectivity index (χ0v) is 11.8. The van der Waals surface area contributed by atoms with Gasteiger partial charge in [0.2, 0.25) is 0 Å². The number of hydrogen-bond acceptors (Lipinski definition) is 4. The molecular formula is C12H18BrN3O2. The Morgan fingerprint density at radius 1 is 1.44 bits per heavy atom. The second-order valence-corrected chi connectivity index (χ2v) is 5.76. The summed E-state index contributed by atoms with van der Waals surface area (Å²) in [5, 5.41) is 12.8. The normalized spacial score (nSPS) is 18.6. The highest BCUT2D eigenvalue weighted by molar-refractivity contribution is 9.10. The lowest BCUT2D eigenvalue weighted by atomic mass is 9.74. The van der Waals surface area contributed by atoms with E-state index in [1.54, 1.807) is 0 Å². The Balaban J connectivity index is 2.05. The van der Waals surface area contributed by atoms with Crippen molar-refractivity contribution in [3.05, 3.63) is 21.2 Å². The summed E-state index contributed by atoms with van der Waals surface area (Å²) in [7, 11) is 0. The second kappa shape index (κ2) is 5.84. The van der Waals surface area contributed by atoms with Crippen molar-refractivity contribution in [3.8, 4) is 0 Å². The third kappa shape index (κ3) is 2.92. The zero-order valence-electron chi connectivity index (χ0n) is 10.2. The molecule has 1 aliphatic rings. The van der Waals surface area contributed by atoms with Crippen LogP contribution in [0.4, 0.5) is 5.82 Å². The maximum Gasteiger partial charge on any atom is 0.267 e. The van der Waals surface area contributed by atoms with Crippen molar-refractivity contribution in [1.82, 2.24) is 9.97 Å². The van der Waals surface area contributed by atoms with Crippen LogP contribution >= 0.6 is 15.9 Å². The number of rotatable bonds is 4. The van der Waals surface area contributed by atoms with Gasteiger partial charge in [-0.25, -0.2) is 4.98 Å². The summed E-state index contributed by atoms with van der Waals surface area (Å²) in [4.78, 5) is 18.0. The van der Waals surface area contributed by atoms with Crippen LogP contribution in [-0.4, -0.2) is 28.2 Å². The number of nitrogens with zero attached hydrogens (tertiary/aromatic N) is 1.